The minimum atomic E-state index is -0.660. The second-order valence-electron chi connectivity index (χ2n) is 4.03. The summed E-state index contributed by atoms with van der Waals surface area (Å²) in [5, 5.41) is 22.4. The second-order valence-corrected chi connectivity index (χ2v) is 4.03. The van der Waals surface area contributed by atoms with E-state index in [1.54, 1.807) is 19.9 Å². The zero-order chi connectivity index (χ0) is 11.8. The minimum Gasteiger partial charge on any atom is -0.628 e. The van der Waals surface area contributed by atoms with Crippen LogP contribution in [0.25, 0.3) is 0 Å². The van der Waals surface area contributed by atoms with Crippen molar-refractivity contribution in [3.05, 3.63) is 38.6 Å². The lowest BCUT2D eigenvalue weighted by Gasteiger charge is -2.34. The van der Waals surface area contributed by atoms with Gasteiger partial charge in [0.15, 0.2) is 0 Å². The first kappa shape index (κ1) is 11.6. The second kappa shape index (κ2) is 3.60. The third kappa shape index (κ3) is 2.31. The molecule has 1 aromatic rings. The Morgan fingerprint density at radius 1 is 1.20 bits per heavy atom. The fraction of sp³-hybridized carbons (Fsp3) is 0.400. The van der Waals surface area contributed by atoms with Crippen LogP contribution in [0.5, 0.6) is 0 Å². The Bertz CT molecular complexity index is 408. The number of aryl methyl sites for hydroxylation is 2. The van der Waals surface area contributed by atoms with Crippen LogP contribution in [-0.2, 0) is 0 Å². The number of benzene rings is 1. The van der Waals surface area contributed by atoms with Gasteiger partial charge in [0.25, 0.3) is 5.69 Å². The Morgan fingerprint density at radius 3 is 2.13 bits per heavy atom. The van der Waals surface area contributed by atoms with Gasteiger partial charge in [-0.2, -0.15) is 0 Å². The largest absolute Gasteiger partial charge is 0.628 e. The van der Waals surface area contributed by atoms with Crippen molar-refractivity contribution in [3.63, 3.8) is 0 Å². The van der Waals surface area contributed by atoms with Gasteiger partial charge in [0, 0.05) is 11.1 Å². The van der Waals surface area contributed by atoms with E-state index in [1.165, 1.54) is 20.2 Å². The van der Waals surface area contributed by atoms with Gasteiger partial charge in [0.2, 0.25) is 0 Å². The molecule has 82 valence electrons. The molecule has 0 unspecified atom stereocenters. The van der Waals surface area contributed by atoms with Crippen LogP contribution < -0.4 is 4.65 Å². The van der Waals surface area contributed by atoms with Gasteiger partial charge in [0.1, 0.15) is 5.69 Å². The van der Waals surface area contributed by atoms with Gasteiger partial charge in [-0.25, -0.2) is 0 Å². The zero-order valence-electron chi connectivity index (χ0n) is 9.27. The van der Waals surface area contributed by atoms with Gasteiger partial charge < -0.3 is 9.85 Å². The highest BCUT2D eigenvalue weighted by Crippen LogP contribution is 2.30. The maximum absolute atomic E-state index is 11.7. The van der Waals surface area contributed by atoms with Crippen molar-refractivity contribution in [3.8, 4) is 0 Å². The van der Waals surface area contributed by atoms with Crippen LogP contribution in [-0.4, -0.2) is 19.0 Å². The fourth-order valence-corrected chi connectivity index (χ4v) is 1.61. The first-order valence-corrected chi connectivity index (χ1v) is 4.54. The number of quaternary nitrogens is 1. The molecule has 5 heteroatoms. The number of hydrogen-bond donors (Lipinski definition) is 0. The van der Waals surface area contributed by atoms with Gasteiger partial charge >= 0.3 is 0 Å². The molecule has 0 fully saturated rings. The molecule has 0 amide bonds. The first-order valence-electron chi connectivity index (χ1n) is 4.54. The van der Waals surface area contributed by atoms with Crippen molar-refractivity contribution in [2.24, 2.45) is 0 Å². The van der Waals surface area contributed by atoms with E-state index in [-0.39, 0.29) is 5.69 Å². The summed E-state index contributed by atoms with van der Waals surface area (Å²) in [6.07, 6.45) is 0. The lowest BCUT2D eigenvalue weighted by molar-refractivity contribution is -0.385. The highest BCUT2D eigenvalue weighted by atomic mass is 16.6. The average molecular weight is 210 g/mol. The van der Waals surface area contributed by atoms with Crippen LogP contribution in [0, 0.1) is 29.2 Å². The summed E-state index contributed by atoms with van der Waals surface area (Å²) in [4.78, 5) is 10.2. The summed E-state index contributed by atoms with van der Waals surface area (Å²) >= 11 is 0. The molecule has 0 N–H and O–H groups in total. The quantitative estimate of drug-likeness (QED) is 0.427. The van der Waals surface area contributed by atoms with Gasteiger partial charge in [-0.3, -0.25) is 10.1 Å². The molecule has 15 heavy (non-hydrogen) atoms. The van der Waals surface area contributed by atoms with Crippen LogP contribution in [0.4, 0.5) is 11.4 Å². The van der Waals surface area contributed by atoms with Crippen LogP contribution in [0.1, 0.15) is 11.1 Å². The summed E-state index contributed by atoms with van der Waals surface area (Å²) in [6.45, 7) is 3.45. The van der Waals surface area contributed by atoms with Crippen LogP contribution in [0.15, 0.2) is 12.1 Å². The molecule has 0 aromatic heterocycles. The standard InChI is InChI=1S/C10H14N2O3/c1-7-5-8(2)10(12(3,4)15)6-9(7)11(13)14/h5-6H,1-4H3. The molecular formula is C10H14N2O3. The molecule has 0 atom stereocenters. The lowest BCUT2D eigenvalue weighted by atomic mass is 10.1. The molecule has 0 spiro atoms. The van der Waals surface area contributed by atoms with Gasteiger partial charge in [-0.05, 0) is 19.9 Å². The molecule has 0 aliphatic heterocycles. The fourth-order valence-electron chi connectivity index (χ4n) is 1.61. The maximum atomic E-state index is 11.7. The number of nitrogens with zero attached hydrogens (tertiary/aromatic N) is 2. The number of rotatable bonds is 2. The molecule has 5 nitrogen and oxygen atoms in total. The topological polar surface area (TPSA) is 66.2 Å². The van der Waals surface area contributed by atoms with Gasteiger partial charge in [-0.1, -0.05) is 0 Å². The molecule has 1 rings (SSSR count). The Kier molecular flexibility index (Phi) is 2.79. The van der Waals surface area contributed by atoms with E-state index in [0.717, 1.165) is 5.56 Å². The van der Waals surface area contributed by atoms with Gasteiger partial charge in [0.05, 0.1) is 25.1 Å². The molecular weight excluding hydrogens is 196 g/mol. The molecule has 0 saturated carbocycles. The zero-order valence-corrected chi connectivity index (χ0v) is 9.27. The number of hydroxylamine groups is 2. The third-order valence-corrected chi connectivity index (χ3v) is 2.29. The van der Waals surface area contributed by atoms with Gasteiger partial charge in [-0.15, -0.1) is 0 Å². The monoisotopic (exact) mass is 210 g/mol. The predicted octanol–water partition coefficient (Wildman–Crippen LogP) is 2.28. The normalized spacial score (nSPS) is 11.5. The summed E-state index contributed by atoms with van der Waals surface area (Å²) in [5.41, 5.74) is 1.78. The molecule has 1 aromatic carbocycles. The van der Waals surface area contributed by atoms with Crippen LogP contribution >= 0.6 is 0 Å². The molecule has 0 heterocycles. The summed E-state index contributed by atoms with van der Waals surface area (Å²) in [5.74, 6) is 0. The Hall–Kier alpha value is -1.46. The highest BCUT2D eigenvalue weighted by Gasteiger charge is 2.19. The van der Waals surface area contributed by atoms with Crippen molar-refractivity contribution in [1.82, 2.24) is 4.65 Å². The SMILES string of the molecule is Cc1cc(C)c([N+](C)(C)[O-])cc1[N+](=O)[O-]. The summed E-state index contributed by atoms with van der Waals surface area (Å²) in [7, 11) is 2.89. The lowest BCUT2D eigenvalue weighted by Crippen LogP contribution is -2.33. The predicted molar refractivity (Wildman–Crippen MR) is 59.6 cm³/mol. The van der Waals surface area contributed by atoms with Crippen molar-refractivity contribution < 1.29 is 4.92 Å². The van der Waals surface area contributed by atoms with E-state index < -0.39 is 9.57 Å². The van der Waals surface area contributed by atoms with Crippen molar-refractivity contribution in [1.29, 1.82) is 0 Å². The van der Waals surface area contributed by atoms with Crippen molar-refractivity contribution in [2.75, 3.05) is 14.1 Å². The molecule has 0 aliphatic rings. The molecule has 0 saturated heterocycles. The maximum Gasteiger partial charge on any atom is 0.278 e. The molecule has 0 bridgehead atoms. The van der Waals surface area contributed by atoms with E-state index >= 15 is 0 Å². The highest BCUT2D eigenvalue weighted by molar-refractivity contribution is 5.59. The van der Waals surface area contributed by atoms with Crippen LogP contribution in [0.2, 0.25) is 0 Å². The van der Waals surface area contributed by atoms with E-state index in [1.807, 2.05) is 0 Å². The third-order valence-electron chi connectivity index (χ3n) is 2.29. The van der Waals surface area contributed by atoms with Crippen molar-refractivity contribution in [2.45, 2.75) is 13.8 Å². The minimum absolute atomic E-state index is 0.00218. The van der Waals surface area contributed by atoms with E-state index in [9.17, 15) is 15.3 Å². The summed E-state index contributed by atoms with van der Waals surface area (Å²) < 4.78 is -0.660. The number of nitro benzene ring substituents is 1. The molecule has 0 aliphatic carbocycles. The number of hydrogen-bond acceptors (Lipinski definition) is 3. The Morgan fingerprint density at radius 2 is 1.73 bits per heavy atom. The smallest absolute Gasteiger partial charge is 0.278 e. The van der Waals surface area contributed by atoms with E-state index in [4.69, 9.17) is 0 Å². The first-order chi connectivity index (χ1) is 6.73. The number of nitro groups is 1. The Labute approximate surface area is 88.3 Å². The van der Waals surface area contributed by atoms with E-state index in [2.05, 4.69) is 0 Å². The summed E-state index contributed by atoms with van der Waals surface area (Å²) in [6, 6.07) is 3.03. The van der Waals surface area contributed by atoms with Crippen LogP contribution in [0.3, 0.4) is 0 Å². The Balaban J connectivity index is 3.43. The average Bonchev–Trinajstić information content (AvgIpc) is 2.00. The molecule has 0 radical (unpaired) electrons. The van der Waals surface area contributed by atoms with Crippen molar-refractivity contribution >= 4 is 11.4 Å². The van der Waals surface area contributed by atoms with E-state index in [0.29, 0.717) is 11.3 Å².